The predicted molar refractivity (Wildman–Crippen MR) is 83.8 cm³/mol. The topological polar surface area (TPSA) is 119 Å². The van der Waals surface area contributed by atoms with Gasteiger partial charge in [0.25, 0.3) is 0 Å². The first-order valence-corrected chi connectivity index (χ1v) is 10.1. The highest BCUT2D eigenvalue weighted by molar-refractivity contribution is 7.70. The van der Waals surface area contributed by atoms with Gasteiger partial charge in [0.2, 0.25) is 5.40 Å². The molecule has 4 N–H and O–H groups in total. The van der Waals surface area contributed by atoms with Crippen molar-refractivity contribution in [1.82, 2.24) is 0 Å². The molecule has 124 valence electrons. The van der Waals surface area contributed by atoms with Crippen molar-refractivity contribution in [2.45, 2.75) is 18.4 Å². The highest BCUT2D eigenvalue weighted by Gasteiger charge is 2.46. The molecule has 1 aromatic heterocycles. The van der Waals surface area contributed by atoms with E-state index < -0.39 is 27.1 Å². The molecule has 0 unspecified atom stereocenters. The van der Waals surface area contributed by atoms with E-state index in [1.54, 1.807) is 12.3 Å². The van der Waals surface area contributed by atoms with Crippen molar-refractivity contribution < 1.29 is 33.3 Å². The number of benzene rings is 1. The molecular formula is C14H18NO6P2+. The fraction of sp³-hybridized carbons (Fsp3) is 0.214. The molecule has 2 rings (SSSR count). The van der Waals surface area contributed by atoms with Crippen LogP contribution in [0.4, 0.5) is 0 Å². The number of hydrogen-bond acceptors (Lipinski definition) is 2. The van der Waals surface area contributed by atoms with Gasteiger partial charge in [0, 0.05) is 18.1 Å². The second-order valence-electron chi connectivity index (χ2n) is 5.23. The zero-order valence-electron chi connectivity index (χ0n) is 12.1. The van der Waals surface area contributed by atoms with E-state index in [2.05, 4.69) is 0 Å². The molecule has 0 aliphatic rings. The van der Waals surface area contributed by atoms with Crippen molar-refractivity contribution in [3.8, 4) is 0 Å². The van der Waals surface area contributed by atoms with E-state index in [9.17, 15) is 28.7 Å². The summed E-state index contributed by atoms with van der Waals surface area (Å²) in [4.78, 5) is 36.7. The van der Waals surface area contributed by atoms with Crippen LogP contribution in [0, 0.1) is 0 Å². The third-order valence-electron chi connectivity index (χ3n) is 3.32. The summed E-state index contributed by atoms with van der Waals surface area (Å²) < 4.78 is 24.1. The van der Waals surface area contributed by atoms with Crippen molar-refractivity contribution in [2.24, 2.45) is 0 Å². The van der Waals surface area contributed by atoms with Gasteiger partial charge in [-0.05, 0) is 11.6 Å². The van der Waals surface area contributed by atoms with E-state index in [-0.39, 0.29) is 0 Å². The van der Waals surface area contributed by atoms with Crippen LogP contribution in [0.5, 0.6) is 0 Å². The van der Waals surface area contributed by atoms with E-state index in [0.717, 1.165) is 11.1 Å². The summed E-state index contributed by atoms with van der Waals surface area (Å²) in [5.41, 5.74) is 1.93. The average Bonchev–Trinajstić information content (AvgIpc) is 2.44. The van der Waals surface area contributed by atoms with Crippen molar-refractivity contribution >= 4 is 15.2 Å². The number of hydrogen-bond donors (Lipinski definition) is 4. The molecular weight excluding hydrogens is 340 g/mol. The Morgan fingerprint density at radius 1 is 0.870 bits per heavy atom. The van der Waals surface area contributed by atoms with Crippen LogP contribution in [0.3, 0.4) is 0 Å². The minimum absolute atomic E-state index is 0.461. The fourth-order valence-electron chi connectivity index (χ4n) is 2.22. The summed E-state index contributed by atoms with van der Waals surface area (Å²) in [6.07, 6.45) is 3.76. The van der Waals surface area contributed by atoms with Crippen molar-refractivity contribution in [2.75, 3.05) is 0 Å². The summed E-state index contributed by atoms with van der Waals surface area (Å²) in [6, 6.07) is 13.1. The molecule has 0 aliphatic heterocycles. The third-order valence-corrected chi connectivity index (χ3v) is 7.01. The first kappa shape index (κ1) is 18.0. The monoisotopic (exact) mass is 358 g/mol. The summed E-state index contributed by atoms with van der Waals surface area (Å²) in [7, 11) is -9.86. The molecule has 2 aromatic rings. The molecule has 1 aromatic carbocycles. The quantitative estimate of drug-likeness (QED) is 0.456. The van der Waals surface area contributed by atoms with E-state index in [1.165, 1.54) is 10.8 Å². The van der Waals surface area contributed by atoms with Gasteiger partial charge in [-0.15, -0.1) is 0 Å². The minimum atomic E-state index is -4.93. The molecule has 0 aliphatic carbocycles. The van der Waals surface area contributed by atoms with E-state index >= 15 is 0 Å². The Morgan fingerprint density at radius 2 is 1.43 bits per heavy atom. The van der Waals surface area contributed by atoms with E-state index in [4.69, 9.17) is 0 Å². The second-order valence-corrected chi connectivity index (χ2v) is 9.24. The Hall–Kier alpha value is -1.33. The molecule has 0 amide bonds. The molecule has 0 bridgehead atoms. The Bertz CT molecular complexity index is 733. The van der Waals surface area contributed by atoms with Crippen LogP contribution in [0.1, 0.15) is 11.1 Å². The van der Waals surface area contributed by atoms with Crippen LogP contribution in [0.25, 0.3) is 0 Å². The highest BCUT2D eigenvalue weighted by Crippen LogP contribution is 2.59. The summed E-state index contributed by atoms with van der Waals surface area (Å²) in [5, 5.41) is -2.05. The number of rotatable bonds is 6. The van der Waals surface area contributed by atoms with Crippen molar-refractivity contribution in [3.63, 3.8) is 0 Å². The lowest BCUT2D eigenvalue weighted by atomic mass is 10.1. The van der Waals surface area contributed by atoms with Crippen LogP contribution in [0.2, 0.25) is 0 Å². The summed E-state index contributed by atoms with van der Waals surface area (Å²) in [5.74, 6) is 0. The lowest BCUT2D eigenvalue weighted by Gasteiger charge is -2.16. The van der Waals surface area contributed by atoms with Crippen LogP contribution in [-0.4, -0.2) is 25.0 Å². The van der Waals surface area contributed by atoms with Gasteiger partial charge in [0.05, 0.1) is 0 Å². The molecule has 0 spiro atoms. The number of nitrogens with zero attached hydrogens (tertiary/aromatic N) is 1. The maximum atomic E-state index is 11.3. The lowest BCUT2D eigenvalue weighted by Crippen LogP contribution is -2.39. The Kier molecular flexibility index (Phi) is 5.53. The first-order chi connectivity index (χ1) is 10.7. The van der Waals surface area contributed by atoms with E-state index in [1.807, 2.05) is 36.4 Å². The second kappa shape index (κ2) is 7.05. The smallest absolute Gasteiger partial charge is 0.324 e. The highest BCUT2D eigenvalue weighted by atomic mass is 31.2. The van der Waals surface area contributed by atoms with Crippen LogP contribution in [0.15, 0.2) is 54.9 Å². The van der Waals surface area contributed by atoms with Crippen molar-refractivity contribution in [3.05, 3.63) is 66.0 Å². The zero-order valence-corrected chi connectivity index (χ0v) is 13.9. The molecule has 0 fully saturated rings. The largest absolute Gasteiger partial charge is 0.347 e. The SMILES string of the molecule is O=P(O)(O)C(C[n+]1cccc(Cc2ccccc2)c1)P(=O)(O)O. The molecule has 0 saturated heterocycles. The summed E-state index contributed by atoms with van der Waals surface area (Å²) >= 11 is 0. The maximum Gasteiger partial charge on any atom is 0.347 e. The van der Waals surface area contributed by atoms with Gasteiger partial charge < -0.3 is 19.6 Å². The maximum absolute atomic E-state index is 11.3. The molecule has 7 nitrogen and oxygen atoms in total. The van der Waals surface area contributed by atoms with Crippen LogP contribution in [-0.2, 0) is 22.1 Å². The van der Waals surface area contributed by atoms with Gasteiger partial charge in [-0.3, -0.25) is 9.13 Å². The Morgan fingerprint density at radius 3 is 2.00 bits per heavy atom. The minimum Gasteiger partial charge on any atom is -0.324 e. The number of pyridine rings is 1. The van der Waals surface area contributed by atoms with Gasteiger partial charge in [-0.25, -0.2) is 4.57 Å². The standard InChI is InChI=1S/C14H17NO6P2/c16-22(17,18)14(23(19,20)21)11-15-8-4-7-13(10-15)9-12-5-2-1-3-6-12/h1-8,10,14H,9,11H2,(H3-,16,17,18,19,20,21)/p+1. The van der Waals surface area contributed by atoms with Crippen LogP contribution >= 0.6 is 15.2 Å². The van der Waals surface area contributed by atoms with Gasteiger partial charge in [0.15, 0.2) is 18.9 Å². The lowest BCUT2D eigenvalue weighted by molar-refractivity contribution is -0.695. The van der Waals surface area contributed by atoms with Gasteiger partial charge in [-0.2, -0.15) is 0 Å². The molecule has 0 radical (unpaired) electrons. The number of aromatic nitrogens is 1. The molecule has 9 heteroatoms. The third kappa shape index (κ3) is 5.36. The van der Waals surface area contributed by atoms with Crippen molar-refractivity contribution in [1.29, 1.82) is 0 Å². The normalized spacial score (nSPS) is 12.6. The Labute approximate surface area is 133 Å². The average molecular weight is 358 g/mol. The molecule has 23 heavy (non-hydrogen) atoms. The molecule has 1 heterocycles. The van der Waals surface area contributed by atoms with E-state index in [0.29, 0.717) is 6.42 Å². The molecule has 0 saturated carbocycles. The molecule has 0 atom stereocenters. The van der Waals surface area contributed by atoms with Gasteiger partial charge in [-0.1, -0.05) is 30.3 Å². The fourth-order valence-corrected chi connectivity index (χ4v) is 4.59. The zero-order chi connectivity index (χ0) is 17.1. The van der Waals surface area contributed by atoms with Gasteiger partial charge >= 0.3 is 15.2 Å². The van der Waals surface area contributed by atoms with Crippen LogP contribution < -0.4 is 4.57 Å². The first-order valence-electron chi connectivity index (χ1n) is 6.78. The predicted octanol–water partition coefficient (Wildman–Crippen LogP) is 1.25. The van der Waals surface area contributed by atoms with Gasteiger partial charge in [0.1, 0.15) is 0 Å². The summed E-state index contributed by atoms with van der Waals surface area (Å²) in [6.45, 7) is -0.461. The Balaban J connectivity index is 2.22.